The molecule has 6 heteroatoms. The first kappa shape index (κ1) is 16.1. The maximum absolute atomic E-state index is 8.49. The number of hydrogen-bond acceptors (Lipinski definition) is 4. The Morgan fingerprint density at radius 2 is 1.05 bits per heavy atom. The van der Waals surface area contributed by atoms with Gasteiger partial charge in [0.1, 0.15) is 0 Å². The van der Waals surface area contributed by atoms with E-state index in [9.17, 15) is 0 Å². The summed E-state index contributed by atoms with van der Waals surface area (Å²) in [5, 5.41) is 0. The molecule has 0 amide bonds. The van der Waals surface area contributed by atoms with E-state index in [0.717, 1.165) is 4.47 Å². The average molecular weight is 347 g/mol. The van der Waals surface area contributed by atoms with Gasteiger partial charge in [0.25, 0.3) is 0 Å². The SMILES string of the molecule is Cc1ccc(-c2ccc(Br)cc2)cc1.[O-][Cl+3]([O-])([O-])[O-]. The first-order valence-corrected chi connectivity index (χ1v) is 7.23. The highest BCUT2D eigenvalue weighted by Gasteiger charge is 1.95. The molecule has 0 aliphatic heterocycles. The van der Waals surface area contributed by atoms with Gasteiger partial charge in [-0.25, -0.2) is 18.6 Å². The first-order chi connectivity index (χ1) is 8.75. The van der Waals surface area contributed by atoms with E-state index >= 15 is 0 Å². The fraction of sp³-hybridized carbons (Fsp3) is 0.0769. The molecule has 4 nitrogen and oxygen atoms in total. The molecule has 102 valence electrons. The van der Waals surface area contributed by atoms with Gasteiger partial charge in [0, 0.05) is 4.47 Å². The van der Waals surface area contributed by atoms with Crippen LogP contribution in [0.25, 0.3) is 11.1 Å². The summed E-state index contributed by atoms with van der Waals surface area (Å²) in [4.78, 5) is 0. The van der Waals surface area contributed by atoms with E-state index in [1.165, 1.54) is 16.7 Å². The highest BCUT2D eigenvalue weighted by Crippen LogP contribution is 2.21. The van der Waals surface area contributed by atoms with Crippen molar-refractivity contribution in [3.63, 3.8) is 0 Å². The predicted molar refractivity (Wildman–Crippen MR) is 64.3 cm³/mol. The molecule has 2 aromatic rings. The molecule has 0 radical (unpaired) electrons. The quantitative estimate of drug-likeness (QED) is 0.707. The molecule has 0 spiro atoms. The molecule has 0 saturated heterocycles. The van der Waals surface area contributed by atoms with Crippen molar-refractivity contribution in [1.82, 2.24) is 0 Å². The summed E-state index contributed by atoms with van der Waals surface area (Å²) in [5.74, 6) is 0. The summed E-state index contributed by atoms with van der Waals surface area (Å²) < 4.78 is 35.1. The van der Waals surface area contributed by atoms with Crippen LogP contribution in [0.4, 0.5) is 0 Å². The second-order valence-corrected chi connectivity index (χ2v) is 5.42. The third-order valence-corrected chi connectivity index (χ3v) is 2.76. The van der Waals surface area contributed by atoms with Gasteiger partial charge in [0.05, 0.1) is 0 Å². The van der Waals surface area contributed by atoms with E-state index in [1.807, 2.05) is 0 Å². The lowest BCUT2D eigenvalue weighted by atomic mass is 10.0. The number of aryl methyl sites for hydroxylation is 1. The fourth-order valence-corrected chi connectivity index (χ4v) is 1.65. The van der Waals surface area contributed by atoms with Gasteiger partial charge in [0.2, 0.25) is 0 Å². The molecule has 0 heterocycles. The summed E-state index contributed by atoms with van der Waals surface area (Å²) >= 11 is 3.43. The normalized spacial score (nSPS) is 10.6. The van der Waals surface area contributed by atoms with Gasteiger partial charge < -0.3 is 0 Å². The molecule has 2 rings (SSSR count). The topological polar surface area (TPSA) is 92.2 Å². The van der Waals surface area contributed by atoms with Crippen LogP contribution < -0.4 is 18.6 Å². The minimum Gasteiger partial charge on any atom is -0.222 e. The number of rotatable bonds is 1. The van der Waals surface area contributed by atoms with E-state index in [2.05, 4.69) is 71.4 Å². The number of halogens is 2. The maximum atomic E-state index is 8.49. The summed E-state index contributed by atoms with van der Waals surface area (Å²) in [6, 6.07) is 16.9. The lowest BCUT2D eigenvalue weighted by Gasteiger charge is -2.17. The van der Waals surface area contributed by atoms with Crippen LogP contribution in [0.15, 0.2) is 53.0 Å². The Kier molecular flexibility index (Phi) is 5.93. The minimum absolute atomic E-state index is 1.12. The summed E-state index contributed by atoms with van der Waals surface area (Å²) in [6.07, 6.45) is 0. The molecular formula is C13H11BrClO4-. The zero-order valence-corrected chi connectivity index (χ0v) is 12.3. The van der Waals surface area contributed by atoms with Gasteiger partial charge in [0.15, 0.2) is 0 Å². The molecule has 0 aliphatic carbocycles. The first-order valence-electron chi connectivity index (χ1n) is 5.20. The van der Waals surface area contributed by atoms with Crippen molar-refractivity contribution in [1.29, 1.82) is 0 Å². The lowest BCUT2D eigenvalue weighted by molar-refractivity contribution is -2.00. The van der Waals surface area contributed by atoms with Crippen molar-refractivity contribution in [2.75, 3.05) is 0 Å². The Morgan fingerprint density at radius 3 is 1.42 bits per heavy atom. The van der Waals surface area contributed by atoms with E-state index in [1.54, 1.807) is 0 Å². The second-order valence-electron chi connectivity index (χ2n) is 3.75. The lowest BCUT2D eigenvalue weighted by Crippen LogP contribution is -2.68. The molecule has 0 N–H and O–H groups in total. The summed E-state index contributed by atoms with van der Waals surface area (Å²) in [5.41, 5.74) is 3.82. The molecular weight excluding hydrogens is 335 g/mol. The molecule has 0 saturated carbocycles. The Hall–Kier alpha value is -0.950. The van der Waals surface area contributed by atoms with E-state index < -0.39 is 10.2 Å². The Morgan fingerprint density at radius 1 is 0.737 bits per heavy atom. The van der Waals surface area contributed by atoms with Crippen molar-refractivity contribution < 1.29 is 28.9 Å². The highest BCUT2D eigenvalue weighted by molar-refractivity contribution is 9.10. The third-order valence-electron chi connectivity index (χ3n) is 2.23. The largest absolute Gasteiger partial charge is 0.222 e. The standard InChI is InChI=1S/C13H11Br.ClHO4/c1-10-2-4-11(5-3-10)12-6-8-13(14)9-7-12;2-1(3,4)5/h2-9H,1H3;(H,2,3,4,5)/p-1. The predicted octanol–water partition coefficient (Wildman–Crippen LogP) is -0.331. The van der Waals surface area contributed by atoms with Gasteiger partial charge in [-0.3, -0.25) is 0 Å². The molecule has 0 atom stereocenters. The highest BCUT2D eigenvalue weighted by atomic mass is 79.9. The zero-order valence-electron chi connectivity index (χ0n) is 10.0. The Labute approximate surface area is 121 Å². The molecule has 0 unspecified atom stereocenters. The van der Waals surface area contributed by atoms with E-state index in [-0.39, 0.29) is 0 Å². The van der Waals surface area contributed by atoms with Crippen LogP contribution in [0, 0.1) is 17.2 Å². The zero-order chi connectivity index (χ0) is 14.5. The van der Waals surface area contributed by atoms with Gasteiger partial charge in [-0.05, 0) is 30.2 Å². The van der Waals surface area contributed by atoms with Crippen LogP contribution in [-0.2, 0) is 0 Å². The molecule has 0 fully saturated rings. The minimum atomic E-state index is -4.94. The number of hydrogen-bond donors (Lipinski definition) is 0. The van der Waals surface area contributed by atoms with Gasteiger partial charge in [-0.15, -0.1) is 10.2 Å². The van der Waals surface area contributed by atoms with Crippen LogP contribution >= 0.6 is 15.9 Å². The van der Waals surface area contributed by atoms with E-state index in [4.69, 9.17) is 18.6 Å². The Bertz CT molecular complexity index is 456. The smallest absolute Gasteiger partial charge is 0.0175 e. The van der Waals surface area contributed by atoms with Crippen LogP contribution in [0.2, 0.25) is 0 Å². The summed E-state index contributed by atoms with van der Waals surface area (Å²) in [6.45, 7) is 2.10. The van der Waals surface area contributed by atoms with Crippen LogP contribution in [0.3, 0.4) is 0 Å². The van der Waals surface area contributed by atoms with Gasteiger partial charge in [-0.1, -0.05) is 57.9 Å². The molecule has 0 bridgehead atoms. The van der Waals surface area contributed by atoms with Crippen LogP contribution in [0.1, 0.15) is 5.56 Å². The van der Waals surface area contributed by atoms with Crippen molar-refractivity contribution >= 4 is 15.9 Å². The summed E-state index contributed by atoms with van der Waals surface area (Å²) in [7, 11) is -4.94. The molecule has 0 aromatic heterocycles. The maximum Gasteiger partial charge on any atom is 0.0175 e. The fourth-order valence-electron chi connectivity index (χ4n) is 1.39. The van der Waals surface area contributed by atoms with Gasteiger partial charge >= 0.3 is 0 Å². The van der Waals surface area contributed by atoms with Gasteiger partial charge in [-0.2, -0.15) is 0 Å². The van der Waals surface area contributed by atoms with Crippen LogP contribution in [-0.4, -0.2) is 0 Å². The van der Waals surface area contributed by atoms with E-state index in [0.29, 0.717) is 0 Å². The average Bonchev–Trinajstić information content (AvgIpc) is 2.29. The molecule has 19 heavy (non-hydrogen) atoms. The van der Waals surface area contributed by atoms with Crippen LogP contribution in [0.5, 0.6) is 0 Å². The second kappa shape index (κ2) is 7.00. The Balaban J connectivity index is 0.000000312. The van der Waals surface area contributed by atoms with Crippen molar-refractivity contribution in [2.45, 2.75) is 6.92 Å². The molecule has 2 aromatic carbocycles. The van der Waals surface area contributed by atoms with Crippen molar-refractivity contribution in [3.8, 4) is 11.1 Å². The monoisotopic (exact) mass is 345 g/mol. The van der Waals surface area contributed by atoms with Crippen molar-refractivity contribution in [3.05, 3.63) is 58.6 Å². The third kappa shape index (κ3) is 7.27. The number of benzene rings is 2. The van der Waals surface area contributed by atoms with Crippen molar-refractivity contribution in [2.24, 2.45) is 0 Å². The molecule has 0 aliphatic rings.